The number of hydrogen-bond donors (Lipinski definition) is 0. The van der Waals surface area contributed by atoms with E-state index in [0.717, 1.165) is 24.3 Å². The Kier molecular flexibility index (Phi) is 8.51. The molecular weight excluding hydrogens is 558 g/mol. The fraction of sp³-hybridized carbons (Fsp3) is 0.0667. The molecule has 6 nitrogen and oxygen atoms in total. The molecule has 0 aliphatic heterocycles. The van der Waals surface area contributed by atoms with Gasteiger partial charge in [-0.1, -0.05) is 60.7 Å². The third-order valence-corrected chi connectivity index (χ3v) is 8.19. The van der Waals surface area contributed by atoms with Crippen molar-refractivity contribution >= 4 is 32.4 Å². The van der Waals surface area contributed by atoms with Crippen LogP contribution in [0.5, 0.6) is 11.5 Å². The highest BCUT2D eigenvalue weighted by Crippen LogP contribution is 2.34. The summed E-state index contributed by atoms with van der Waals surface area (Å²) < 4.78 is 89.8. The predicted molar refractivity (Wildman–Crippen MR) is 150 cm³/mol. The van der Waals surface area contributed by atoms with Crippen LogP contribution >= 0.6 is 0 Å². The lowest BCUT2D eigenvalue weighted by molar-refractivity contribution is 0.474. The van der Waals surface area contributed by atoms with Crippen LogP contribution in [0.3, 0.4) is 0 Å². The zero-order chi connectivity index (χ0) is 28.9. The number of benzene rings is 4. The largest absolute Gasteiger partial charge is 0.378 e. The van der Waals surface area contributed by atoms with Gasteiger partial charge in [-0.2, -0.15) is 16.8 Å². The predicted octanol–water partition coefficient (Wildman–Crippen LogP) is 7.23. The minimum absolute atomic E-state index is 0.00489. The van der Waals surface area contributed by atoms with Gasteiger partial charge in [-0.05, 0) is 73.5 Å². The zero-order valence-electron chi connectivity index (χ0n) is 21.4. The molecule has 0 aliphatic rings. The normalized spacial score (nSPS) is 12.2. The van der Waals surface area contributed by atoms with E-state index in [4.69, 9.17) is 8.37 Å². The standard InChI is InChI=1S/C30H24F2O6S2/c1-3-9-23-19-21(15-17-27(23)37-39(33,34)29-13-7-5-11-25(29)31)22-16-18-28(24(20-22)10-4-2)38-40(35,36)30-14-8-6-12-26(30)32/h3-20H,1-2H3. The van der Waals surface area contributed by atoms with Crippen molar-refractivity contribution in [2.75, 3.05) is 0 Å². The second-order valence-electron chi connectivity index (χ2n) is 8.44. The van der Waals surface area contributed by atoms with Crippen LogP contribution in [0.4, 0.5) is 8.78 Å². The molecule has 0 amide bonds. The number of allylic oxidation sites excluding steroid dienone is 2. The molecule has 10 heteroatoms. The number of halogens is 2. The van der Waals surface area contributed by atoms with E-state index < -0.39 is 41.7 Å². The molecule has 0 aromatic heterocycles. The third kappa shape index (κ3) is 6.30. The highest BCUT2D eigenvalue weighted by atomic mass is 32.2. The lowest BCUT2D eigenvalue weighted by atomic mass is 9.99. The highest BCUT2D eigenvalue weighted by Gasteiger charge is 2.24. The van der Waals surface area contributed by atoms with E-state index in [-0.39, 0.29) is 11.5 Å². The van der Waals surface area contributed by atoms with Crippen LogP contribution < -0.4 is 8.37 Å². The van der Waals surface area contributed by atoms with Crippen LogP contribution in [0.1, 0.15) is 25.0 Å². The van der Waals surface area contributed by atoms with Crippen molar-refractivity contribution in [3.05, 3.63) is 120 Å². The van der Waals surface area contributed by atoms with Crippen LogP contribution in [0.15, 0.2) is 107 Å². The molecule has 0 aliphatic carbocycles. The van der Waals surface area contributed by atoms with Gasteiger partial charge in [0.15, 0.2) is 0 Å². The van der Waals surface area contributed by atoms with Gasteiger partial charge in [0.2, 0.25) is 0 Å². The van der Waals surface area contributed by atoms with E-state index in [0.29, 0.717) is 22.3 Å². The summed E-state index contributed by atoms with van der Waals surface area (Å²) in [7, 11) is -8.89. The average Bonchev–Trinajstić information content (AvgIpc) is 2.91. The Morgan fingerprint density at radius 3 is 1.30 bits per heavy atom. The van der Waals surface area contributed by atoms with Gasteiger partial charge in [-0.25, -0.2) is 8.78 Å². The second kappa shape index (κ2) is 11.8. The van der Waals surface area contributed by atoms with E-state index in [1.54, 1.807) is 62.4 Å². The second-order valence-corrected chi connectivity index (χ2v) is 11.5. The smallest absolute Gasteiger partial charge is 0.342 e. The van der Waals surface area contributed by atoms with Crippen molar-refractivity contribution in [2.45, 2.75) is 23.6 Å². The first-order valence-electron chi connectivity index (χ1n) is 12.0. The first-order valence-corrected chi connectivity index (χ1v) is 14.8. The number of hydrogen-bond acceptors (Lipinski definition) is 6. The first kappa shape index (κ1) is 28.7. The molecule has 4 rings (SSSR count). The monoisotopic (exact) mass is 582 g/mol. The third-order valence-electron chi connectivity index (χ3n) is 5.66. The lowest BCUT2D eigenvalue weighted by Crippen LogP contribution is -2.12. The summed E-state index contributed by atoms with van der Waals surface area (Å²) in [6.07, 6.45) is 6.66. The summed E-state index contributed by atoms with van der Waals surface area (Å²) in [6.45, 7) is 3.49. The Bertz CT molecular complexity index is 1690. The van der Waals surface area contributed by atoms with E-state index in [1.807, 2.05) is 0 Å². The van der Waals surface area contributed by atoms with Crippen LogP contribution in [-0.4, -0.2) is 16.8 Å². The average molecular weight is 583 g/mol. The van der Waals surface area contributed by atoms with Crippen LogP contribution in [-0.2, 0) is 20.2 Å². The summed E-state index contributed by atoms with van der Waals surface area (Å²) in [5, 5.41) is 0. The van der Waals surface area contributed by atoms with Gasteiger partial charge in [0.1, 0.15) is 32.9 Å². The van der Waals surface area contributed by atoms with Crippen molar-refractivity contribution in [1.82, 2.24) is 0 Å². The Hall–Kier alpha value is -4.28. The van der Waals surface area contributed by atoms with Gasteiger partial charge in [0.25, 0.3) is 0 Å². The molecule has 0 bridgehead atoms. The molecule has 4 aromatic carbocycles. The maximum Gasteiger partial charge on any atom is 0.342 e. The van der Waals surface area contributed by atoms with Gasteiger partial charge in [0, 0.05) is 11.1 Å². The Balaban J connectivity index is 1.70. The molecule has 0 spiro atoms. The summed E-state index contributed by atoms with van der Waals surface area (Å²) in [5.74, 6) is -1.87. The van der Waals surface area contributed by atoms with Crippen molar-refractivity contribution in [1.29, 1.82) is 0 Å². The summed E-state index contributed by atoms with van der Waals surface area (Å²) in [6, 6.07) is 19.3. The summed E-state index contributed by atoms with van der Waals surface area (Å²) >= 11 is 0. The molecule has 4 aromatic rings. The quantitative estimate of drug-likeness (QED) is 0.194. The van der Waals surface area contributed by atoms with Crippen LogP contribution in [0.2, 0.25) is 0 Å². The maximum absolute atomic E-state index is 14.1. The molecule has 206 valence electrons. The van der Waals surface area contributed by atoms with Crippen molar-refractivity contribution in [2.24, 2.45) is 0 Å². The molecule has 0 atom stereocenters. The molecule has 40 heavy (non-hydrogen) atoms. The first-order chi connectivity index (χ1) is 19.1. The zero-order valence-corrected chi connectivity index (χ0v) is 23.0. The van der Waals surface area contributed by atoms with Gasteiger partial charge in [-0.15, -0.1) is 0 Å². The fourth-order valence-electron chi connectivity index (χ4n) is 3.85. The van der Waals surface area contributed by atoms with Gasteiger partial charge >= 0.3 is 20.2 Å². The van der Waals surface area contributed by atoms with Crippen molar-refractivity contribution in [3.63, 3.8) is 0 Å². The van der Waals surface area contributed by atoms with E-state index in [2.05, 4.69) is 0 Å². The molecule has 0 fully saturated rings. The molecule has 0 radical (unpaired) electrons. The Labute approximate surface area is 232 Å². The summed E-state index contributed by atoms with van der Waals surface area (Å²) in [4.78, 5) is -1.16. The molecule has 0 heterocycles. The van der Waals surface area contributed by atoms with Crippen molar-refractivity contribution < 1.29 is 34.0 Å². The Morgan fingerprint density at radius 1 is 0.575 bits per heavy atom. The highest BCUT2D eigenvalue weighted by molar-refractivity contribution is 7.87. The van der Waals surface area contributed by atoms with E-state index in [9.17, 15) is 25.6 Å². The minimum Gasteiger partial charge on any atom is -0.378 e. The minimum atomic E-state index is -4.44. The van der Waals surface area contributed by atoms with E-state index in [1.165, 1.54) is 36.4 Å². The van der Waals surface area contributed by atoms with Gasteiger partial charge < -0.3 is 8.37 Å². The molecular formula is C30H24F2O6S2. The fourth-order valence-corrected chi connectivity index (χ4v) is 5.91. The van der Waals surface area contributed by atoms with Crippen LogP contribution in [0, 0.1) is 11.6 Å². The van der Waals surface area contributed by atoms with Gasteiger partial charge in [0.05, 0.1) is 0 Å². The SMILES string of the molecule is CC=Cc1cc(-c2ccc(OS(=O)(=O)c3ccccc3F)c(C=CC)c2)ccc1OS(=O)(=O)c1ccccc1F. The Morgan fingerprint density at radius 2 is 0.950 bits per heavy atom. The lowest BCUT2D eigenvalue weighted by Gasteiger charge is -2.14. The van der Waals surface area contributed by atoms with Crippen molar-refractivity contribution in [3.8, 4) is 22.6 Å². The molecule has 0 N–H and O–H groups in total. The maximum atomic E-state index is 14.1. The van der Waals surface area contributed by atoms with Crippen LogP contribution in [0.25, 0.3) is 23.3 Å². The molecule has 0 saturated carbocycles. The number of rotatable bonds is 9. The summed E-state index contributed by atoms with van der Waals surface area (Å²) in [5.41, 5.74) is 2.13. The molecule has 0 saturated heterocycles. The molecule has 0 unspecified atom stereocenters. The van der Waals surface area contributed by atoms with Gasteiger partial charge in [-0.3, -0.25) is 0 Å². The topological polar surface area (TPSA) is 86.7 Å². The van der Waals surface area contributed by atoms with E-state index >= 15 is 0 Å².